The van der Waals surface area contributed by atoms with Crippen molar-refractivity contribution in [3.8, 4) is 5.75 Å². The molecular weight excluding hydrogens is 436 g/mol. The second-order valence-corrected chi connectivity index (χ2v) is 10.2. The van der Waals surface area contributed by atoms with E-state index in [9.17, 15) is 9.90 Å². The van der Waals surface area contributed by atoms with Gasteiger partial charge in [-0.3, -0.25) is 9.69 Å². The largest absolute Gasteiger partial charge is 0.484 e. The summed E-state index contributed by atoms with van der Waals surface area (Å²) in [5.41, 5.74) is 4.86. The number of likely N-dealkylation sites (tertiary alicyclic amines) is 1. The van der Waals surface area contributed by atoms with Crippen molar-refractivity contribution in [2.24, 2.45) is 0 Å². The second kappa shape index (κ2) is 9.14. The zero-order valence-electron chi connectivity index (χ0n) is 19.9. The predicted octanol–water partition coefficient (Wildman–Crippen LogP) is 3.80. The van der Waals surface area contributed by atoms with Crippen molar-refractivity contribution in [1.82, 2.24) is 10.2 Å². The van der Waals surface area contributed by atoms with Gasteiger partial charge in [0.2, 0.25) is 0 Å². The number of ether oxygens (including phenoxy) is 1. The number of fused-ring (bicyclic) bond motifs is 3. The molecule has 0 aromatic heterocycles. The minimum atomic E-state index is -0.650. The third-order valence-electron chi connectivity index (χ3n) is 8.38. The van der Waals surface area contributed by atoms with Gasteiger partial charge in [-0.25, -0.2) is 0 Å². The van der Waals surface area contributed by atoms with Gasteiger partial charge in [-0.05, 0) is 73.2 Å². The van der Waals surface area contributed by atoms with E-state index in [2.05, 4.69) is 52.7 Å². The van der Waals surface area contributed by atoms with Crippen molar-refractivity contribution in [3.63, 3.8) is 0 Å². The molecular formula is C30H32N2O3. The number of carbonyl (C=O) groups is 1. The predicted molar refractivity (Wildman–Crippen MR) is 135 cm³/mol. The molecule has 3 aliphatic rings. The third kappa shape index (κ3) is 4.03. The number of rotatable bonds is 5. The number of hydrogen-bond donors (Lipinski definition) is 2. The van der Waals surface area contributed by atoms with Gasteiger partial charge in [-0.15, -0.1) is 0 Å². The summed E-state index contributed by atoms with van der Waals surface area (Å²) in [6.45, 7) is 1.85. The average Bonchev–Trinajstić information content (AvgIpc) is 3.43. The van der Waals surface area contributed by atoms with E-state index in [1.165, 1.54) is 16.7 Å². The SMILES string of the molecule is O=C(COc1ccccc1)N[C@@H]1c2ccccc2C2(CCN(C3Cc4ccccc4C3)CC2)[C@H]1O. The Kier molecular flexibility index (Phi) is 5.83. The van der Waals surface area contributed by atoms with Crippen LogP contribution >= 0.6 is 0 Å². The van der Waals surface area contributed by atoms with Crippen LogP contribution in [0.2, 0.25) is 0 Å². The zero-order chi connectivity index (χ0) is 23.8. The third-order valence-corrected chi connectivity index (χ3v) is 8.38. The molecule has 0 radical (unpaired) electrons. The highest BCUT2D eigenvalue weighted by atomic mass is 16.5. The molecule has 6 rings (SSSR count). The Morgan fingerprint density at radius 3 is 2.26 bits per heavy atom. The van der Waals surface area contributed by atoms with Gasteiger partial charge in [-0.2, -0.15) is 0 Å². The molecule has 1 heterocycles. The highest BCUT2D eigenvalue weighted by molar-refractivity contribution is 5.78. The molecule has 1 fully saturated rings. The van der Waals surface area contributed by atoms with Gasteiger partial charge >= 0.3 is 0 Å². The van der Waals surface area contributed by atoms with Gasteiger partial charge in [0.25, 0.3) is 5.91 Å². The van der Waals surface area contributed by atoms with Crippen LogP contribution in [0.25, 0.3) is 0 Å². The lowest BCUT2D eigenvalue weighted by molar-refractivity contribution is -0.125. The highest BCUT2D eigenvalue weighted by Crippen LogP contribution is 2.51. The fourth-order valence-corrected chi connectivity index (χ4v) is 6.55. The molecule has 3 aromatic carbocycles. The van der Waals surface area contributed by atoms with E-state index in [1.54, 1.807) is 0 Å². The van der Waals surface area contributed by atoms with Gasteiger partial charge in [0.15, 0.2) is 6.61 Å². The Labute approximate surface area is 206 Å². The number of carbonyl (C=O) groups excluding carboxylic acids is 1. The van der Waals surface area contributed by atoms with Crippen LogP contribution in [0, 0.1) is 0 Å². The number of benzene rings is 3. The Bertz CT molecular complexity index is 1180. The Morgan fingerprint density at radius 2 is 1.54 bits per heavy atom. The zero-order valence-corrected chi connectivity index (χ0v) is 19.9. The second-order valence-electron chi connectivity index (χ2n) is 10.2. The molecule has 0 unspecified atom stereocenters. The lowest BCUT2D eigenvalue weighted by Gasteiger charge is -2.44. The molecule has 1 amide bonds. The molecule has 0 bridgehead atoms. The Balaban J connectivity index is 1.15. The van der Waals surface area contributed by atoms with E-state index >= 15 is 0 Å². The van der Waals surface area contributed by atoms with Crippen LogP contribution in [0.4, 0.5) is 0 Å². The van der Waals surface area contributed by atoms with E-state index in [0.29, 0.717) is 11.8 Å². The van der Waals surface area contributed by atoms with E-state index in [4.69, 9.17) is 4.74 Å². The quantitative estimate of drug-likeness (QED) is 0.598. The van der Waals surface area contributed by atoms with Crippen LogP contribution in [0.1, 0.15) is 41.1 Å². The maximum Gasteiger partial charge on any atom is 0.258 e. The Hall–Kier alpha value is -3.15. The normalized spacial score (nSPS) is 23.1. The van der Waals surface area contributed by atoms with Gasteiger partial charge in [-0.1, -0.05) is 66.7 Å². The van der Waals surface area contributed by atoms with E-state index in [1.807, 2.05) is 36.4 Å². The number of amides is 1. The molecule has 2 N–H and O–H groups in total. The number of piperidine rings is 1. The van der Waals surface area contributed by atoms with Crippen molar-refractivity contribution in [1.29, 1.82) is 0 Å². The van der Waals surface area contributed by atoms with Crippen molar-refractivity contribution in [3.05, 3.63) is 101 Å². The topological polar surface area (TPSA) is 61.8 Å². The van der Waals surface area contributed by atoms with Crippen molar-refractivity contribution >= 4 is 5.91 Å². The van der Waals surface area contributed by atoms with Gasteiger partial charge in [0.05, 0.1) is 12.1 Å². The summed E-state index contributed by atoms with van der Waals surface area (Å²) < 4.78 is 5.64. The van der Waals surface area contributed by atoms with Gasteiger partial charge in [0.1, 0.15) is 5.75 Å². The lowest BCUT2D eigenvalue weighted by atomic mass is 9.71. The number of nitrogens with zero attached hydrogens (tertiary/aromatic N) is 1. The van der Waals surface area contributed by atoms with Crippen molar-refractivity contribution in [2.75, 3.05) is 19.7 Å². The molecule has 0 saturated carbocycles. The number of hydrogen-bond acceptors (Lipinski definition) is 4. The fourth-order valence-electron chi connectivity index (χ4n) is 6.55. The van der Waals surface area contributed by atoms with Crippen molar-refractivity contribution < 1.29 is 14.6 Å². The monoisotopic (exact) mass is 468 g/mol. The summed E-state index contributed by atoms with van der Waals surface area (Å²) in [6.07, 6.45) is 3.36. The minimum absolute atomic E-state index is 0.0710. The van der Waals surface area contributed by atoms with Crippen LogP contribution < -0.4 is 10.1 Å². The maximum atomic E-state index is 12.8. The first-order valence-electron chi connectivity index (χ1n) is 12.7. The summed E-state index contributed by atoms with van der Waals surface area (Å²) >= 11 is 0. The molecule has 2 aliphatic carbocycles. The van der Waals surface area contributed by atoms with Crippen LogP contribution in [0.15, 0.2) is 78.9 Å². The first kappa shape index (κ1) is 22.3. The standard InChI is InChI=1S/C30H32N2O3/c33-27(20-35-24-10-2-1-3-11-24)31-28-25-12-6-7-13-26(25)30(29(28)34)14-16-32(17-15-30)23-18-21-8-4-5-9-22(21)19-23/h1-13,23,28-29,34H,14-20H2,(H,31,33)/t28-,29+/m1/s1. The van der Waals surface area contributed by atoms with E-state index < -0.39 is 12.1 Å². The first-order valence-corrected chi connectivity index (χ1v) is 12.7. The molecule has 3 aromatic rings. The maximum absolute atomic E-state index is 12.8. The molecule has 1 aliphatic heterocycles. The summed E-state index contributed by atoms with van der Waals surface area (Å²) in [4.78, 5) is 15.4. The van der Waals surface area contributed by atoms with Gasteiger partial charge in [0, 0.05) is 11.5 Å². The molecule has 180 valence electrons. The van der Waals surface area contributed by atoms with E-state index in [0.717, 1.165) is 44.3 Å². The summed E-state index contributed by atoms with van der Waals surface area (Å²) in [7, 11) is 0. The van der Waals surface area contributed by atoms with Crippen LogP contribution in [0.5, 0.6) is 5.75 Å². The number of aliphatic hydroxyl groups excluding tert-OH is 1. The number of aliphatic hydroxyl groups is 1. The van der Waals surface area contributed by atoms with Crippen LogP contribution in [-0.2, 0) is 23.1 Å². The molecule has 5 nitrogen and oxygen atoms in total. The van der Waals surface area contributed by atoms with Crippen LogP contribution in [-0.4, -0.2) is 47.8 Å². The summed E-state index contributed by atoms with van der Waals surface area (Å²) in [5.74, 6) is 0.443. The van der Waals surface area contributed by atoms with E-state index in [-0.39, 0.29) is 17.9 Å². The summed E-state index contributed by atoms with van der Waals surface area (Å²) in [5, 5.41) is 14.7. The average molecular weight is 469 g/mol. The van der Waals surface area contributed by atoms with Crippen molar-refractivity contribution in [2.45, 2.75) is 49.3 Å². The smallest absolute Gasteiger partial charge is 0.258 e. The first-order chi connectivity index (χ1) is 17.1. The van der Waals surface area contributed by atoms with Gasteiger partial charge < -0.3 is 15.2 Å². The number of para-hydroxylation sites is 1. The number of nitrogens with one attached hydrogen (secondary N) is 1. The highest BCUT2D eigenvalue weighted by Gasteiger charge is 2.53. The summed E-state index contributed by atoms with van der Waals surface area (Å²) in [6, 6.07) is 26.5. The molecule has 35 heavy (non-hydrogen) atoms. The Morgan fingerprint density at radius 1 is 0.914 bits per heavy atom. The minimum Gasteiger partial charge on any atom is -0.484 e. The molecule has 1 spiro atoms. The molecule has 5 heteroatoms. The van der Waals surface area contributed by atoms with Crippen LogP contribution in [0.3, 0.4) is 0 Å². The fraction of sp³-hybridized carbons (Fsp3) is 0.367. The lowest BCUT2D eigenvalue weighted by Crippen LogP contribution is -2.52. The molecule has 1 saturated heterocycles. The molecule has 2 atom stereocenters.